The number of hydrogen-bond donors (Lipinski definition) is 0. The second-order valence-corrected chi connectivity index (χ2v) is 7.79. The predicted molar refractivity (Wildman–Crippen MR) is 111 cm³/mol. The molecule has 0 saturated carbocycles. The smallest absolute Gasteiger partial charge is 0.253 e. The van der Waals surface area contributed by atoms with Crippen LogP contribution < -0.4 is 5.56 Å². The Hall–Kier alpha value is -3.04. The molecule has 0 aliphatic carbocycles. The third-order valence-corrected chi connectivity index (χ3v) is 5.62. The van der Waals surface area contributed by atoms with E-state index in [0.29, 0.717) is 10.7 Å². The fraction of sp³-hybridized carbons (Fsp3) is 0.350. The lowest BCUT2D eigenvalue weighted by Crippen LogP contribution is -2.26. The molecule has 2 atom stereocenters. The first-order valence-electron chi connectivity index (χ1n) is 9.84. The van der Waals surface area contributed by atoms with E-state index in [1.807, 2.05) is 17.8 Å². The molecule has 0 bridgehead atoms. The van der Waals surface area contributed by atoms with E-state index in [4.69, 9.17) is 16.3 Å². The Morgan fingerprint density at radius 2 is 2.17 bits per heavy atom. The summed E-state index contributed by atoms with van der Waals surface area (Å²) in [4.78, 5) is 16.6. The summed E-state index contributed by atoms with van der Waals surface area (Å²) >= 11 is 5.89. The summed E-state index contributed by atoms with van der Waals surface area (Å²) in [5.74, 6) is 0. The number of aromatic nitrogens is 7. The Kier molecular flexibility index (Phi) is 4.84. The van der Waals surface area contributed by atoms with Crippen molar-refractivity contribution in [3.8, 4) is 11.3 Å². The van der Waals surface area contributed by atoms with Crippen LogP contribution in [0.5, 0.6) is 0 Å². The van der Waals surface area contributed by atoms with Crippen molar-refractivity contribution in [2.45, 2.75) is 38.6 Å². The standard InChI is InChI=1S/C20H20ClN7O2/c1-13(26-6-5-14(21)8-19(26)29)27-12-18(23-25-27)15-9-22-10-17-16(15)11-28(24-17)20-4-2-3-7-30-20/h5-6,8-13,20H,2-4,7H2,1H3. The molecule has 0 aromatic carbocycles. The third kappa shape index (κ3) is 3.40. The molecule has 2 unspecified atom stereocenters. The minimum atomic E-state index is -0.360. The van der Waals surface area contributed by atoms with Crippen LogP contribution in [0, 0.1) is 0 Å². The van der Waals surface area contributed by atoms with Gasteiger partial charge in [0.15, 0.2) is 0 Å². The second-order valence-electron chi connectivity index (χ2n) is 7.36. The largest absolute Gasteiger partial charge is 0.357 e. The average molecular weight is 426 g/mol. The van der Waals surface area contributed by atoms with Crippen LogP contribution in [0.1, 0.15) is 38.6 Å². The molecule has 0 amide bonds. The quantitative estimate of drug-likeness (QED) is 0.498. The summed E-state index contributed by atoms with van der Waals surface area (Å²) in [5.41, 5.74) is 2.06. The van der Waals surface area contributed by atoms with E-state index in [1.54, 1.807) is 40.1 Å². The first kappa shape index (κ1) is 19.0. The number of hydrogen-bond acceptors (Lipinski definition) is 6. The molecule has 0 radical (unpaired) electrons. The minimum absolute atomic E-state index is 0.0496. The van der Waals surface area contributed by atoms with Gasteiger partial charge in [0, 0.05) is 47.2 Å². The summed E-state index contributed by atoms with van der Waals surface area (Å²) in [5, 5.41) is 14.5. The maximum atomic E-state index is 12.2. The van der Waals surface area contributed by atoms with Crippen LogP contribution in [0.25, 0.3) is 22.2 Å². The van der Waals surface area contributed by atoms with Crippen molar-refractivity contribution < 1.29 is 4.74 Å². The fourth-order valence-corrected chi connectivity index (χ4v) is 3.88. The Labute approximate surface area is 176 Å². The lowest BCUT2D eigenvalue weighted by Gasteiger charge is -2.22. The van der Waals surface area contributed by atoms with Crippen LogP contribution >= 0.6 is 11.6 Å². The van der Waals surface area contributed by atoms with Crippen LogP contribution in [-0.2, 0) is 4.74 Å². The van der Waals surface area contributed by atoms with E-state index >= 15 is 0 Å². The topological polar surface area (TPSA) is 92.7 Å². The van der Waals surface area contributed by atoms with E-state index < -0.39 is 0 Å². The van der Waals surface area contributed by atoms with E-state index in [1.165, 1.54) is 6.07 Å². The van der Waals surface area contributed by atoms with Crippen LogP contribution in [-0.4, -0.2) is 40.9 Å². The van der Waals surface area contributed by atoms with E-state index in [9.17, 15) is 4.79 Å². The van der Waals surface area contributed by atoms with E-state index in [2.05, 4.69) is 20.4 Å². The minimum Gasteiger partial charge on any atom is -0.357 e. The van der Waals surface area contributed by atoms with Crippen molar-refractivity contribution in [1.82, 2.24) is 34.3 Å². The van der Waals surface area contributed by atoms with Gasteiger partial charge in [-0.25, -0.2) is 9.36 Å². The van der Waals surface area contributed by atoms with Gasteiger partial charge < -0.3 is 4.74 Å². The molecule has 1 aliphatic heterocycles. The number of ether oxygens (including phenoxy) is 1. The summed E-state index contributed by atoms with van der Waals surface area (Å²) in [6.07, 6.45) is 11.7. The molecular weight excluding hydrogens is 406 g/mol. The van der Waals surface area contributed by atoms with E-state index in [-0.39, 0.29) is 18.0 Å². The number of rotatable bonds is 4. The number of pyridine rings is 2. The molecule has 154 valence electrons. The molecule has 9 nitrogen and oxygen atoms in total. The molecular formula is C20H20ClN7O2. The first-order valence-corrected chi connectivity index (χ1v) is 10.2. The zero-order valence-corrected chi connectivity index (χ0v) is 17.1. The molecule has 10 heteroatoms. The van der Waals surface area contributed by atoms with Crippen molar-refractivity contribution in [2.24, 2.45) is 0 Å². The molecule has 5 heterocycles. The highest BCUT2D eigenvalue weighted by Crippen LogP contribution is 2.29. The van der Waals surface area contributed by atoms with Crippen molar-refractivity contribution in [1.29, 1.82) is 0 Å². The van der Waals surface area contributed by atoms with Gasteiger partial charge in [0.05, 0.1) is 12.4 Å². The van der Waals surface area contributed by atoms with Crippen molar-refractivity contribution in [3.63, 3.8) is 0 Å². The zero-order valence-electron chi connectivity index (χ0n) is 16.3. The SMILES string of the molecule is CC(n1cc(-c2cncc3nn(C4CCCCO4)cc23)nn1)n1ccc(Cl)cc1=O. The van der Waals surface area contributed by atoms with Crippen LogP contribution in [0.2, 0.25) is 5.02 Å². The molecule has 4 aromatic heterocycles. The van der Waals surface area contributed by atoms with Gasteiger partial charge in [-0.15, -0.1) is 5.10 Å². The molecule has 30 heavy (non-hydrogen) atoms. The van der Waals surface area contributed by atoms with Gasteiger partial charge in [0.25, 0.3) is 5.56 Å². The number of fused-ring (bicyclic) bond motifs is 1. The monoisotopic (exact) mass is 425 g/mol. The highest BCUT2D eigenvalue weighted by atomic mass is 35.5. The summed E-state index contributed by atoms with van der Waals surface area (Å²) in [7, 11) is 0. The highest BCUT2D eigenvalue weighted by Gasteiger charge is 2.20. The van der Waals surface area contributed by atoms with Gasteiger partial charge >= 0.3 is 0 Å². The van der Waals surface area contributed by atoms with Gasteiger partial charge in [-0.1, -0.05) is 16.8 Å². The maximum Gasteiger partial charge on any atom is 0.253 e. The molecule has 5 rings (SSSR count). The molecule has 4 aromatic rings. The number of nitrogens with zero attached hydrogens (tertiary/aromatic N) is 7. The maximum absolute atomic E-state index is 12.2. The van der Waals surface area contributed by atoms with Gasteiger partial charge in [-0.2, -0.15) is 5.10 Å². The van der Waals surface area contributed by atoms with Gasteiger partial charge in [-0.05, 0) is 32.3 Å². The van der Waals surface area contributed by atoms with Crippen LogP contribution in [0.3, 0.4) is 0 Å². The lowest BCUT2D eigenvalue weighted by atomic mass is 10.1. The molecule has 0 N–H and O–H groups in total. The summed E-state index contributed by atoms with van der Waals surface area (Å²) < 4.78 is 10.9. The normalized spacial score (nSPS) is 18.0. The molecule has 0 spiro atoms. The third-order valence-electron chi connectivity index (χ3n) is 5.38. The average Bonchev–Trinajstić information content (AvgIpc) is 3.41. The van der Waals surface area contributed by atoms with Crippen molar-refractivity contribution in [3.05, 3.63) is 58.5 Å². The zero-order chi connectivity index (χ0) is 20.7. The fourth-order valence-electron chi connectivity index (χ4n) is 3.73. The van der Waals surface area contributed by atoms with Crippen molar-refractivity contribution in [2.75, 3.05) is 6.61 Å². The van der Waals surface area contributed by atoms with Crippen LogP contribution in [0.4, 0.5) is 0 Å². The Morgan fingerprint density at radius 3 is 2.97 bits per heavy atom. The Bertz CT molecular complexity index is 1260. The highest BCUT2D eigenvalue weighted by molar-refractivity contribution is 6.30. The van der Waals surface area contributed by atoms with Gasteiger partial charge in [0.1, 0.15) is 23.6 Å². The van der Waals surface area contributed by atoms with Gasteiger partial charge in [0.2, 0.25) is 0 Å². The van der Waals surface area contributed by atoms with Gasteiger partial charge in [-0.3, -0.25) is 14.3 Å². The first-order chi connectivity index (χ1) is 14.6. The molecule has 1 saturated heterocycles. The predicted octanol–water partition coefficient (Wildman–Crippen LogP) is 3.27. The van der Waals surface area contributed by atoms with Crippen LogP contribution in [0.15, 0.2) is 47.9 Å². The summed E-state index contributed by atoms with van der Waals surface area (Å²) in [6.45, 7) is 2.62. The Morgan fingerprint density at radius 1 is 1.27 bits per heavy atom. The second kappa shape index (κ2) is 7.66. The lowest BCUT2D eigenvalue weighted by molar-refractivity contribution is -0.0390. The summed E-state index contributed by atoms with van der Waals surface area (Å²) in [6, 6.07) is 3.05. The van der Waals surface area contributed by atoms with Crippen molar-refractivity contribution >= 4 is 22.5 Å². The van der Waals surface area contributed by atoms with E-state index in [0.717, 1.165) is 42.3 Å². The number of halogens is 1. The molecule has 1 aliphatic rings. The Balaban J connectivity index is 1.49. The molecule has 1 fully saturated rings.